The highest BCUT2D eigenvalue weighted by molar-refractivity contribution is 6.35. The molecule has 0 radical (unpaired) electrons. The molecule has 5 rings (SSSR count). The number of anilines is 2. The van der Waals surface area contributed by atoms with Crippen LogP contribution in [-0.4, -0.2) is 53.3 Å². The van der Waals surface area contributed by atoms with Crippen LogP contribution in [0.15, 0.2) is 59.7 Å². The van der Waals surface area contributed by atoms with E-state index in [4.69, 9.17) is 44.8 Å². The number of rotatable bonds is 4. The lowest BCUT2D eigenvalue weighted by Crippen LogP contribution is -2.47. The maximum absolute atomic E-state index is 13.2. The van der Waals surface area contributed by atoms with Gasteiger partial charge in [0, 0.05) is 51.9 Å². The van der Waals surface area contributed by atoms with Crippen molar-refractivity contribution in [2.45, 2.75) is 32.0 Å². The molecule has 0 saturated carbocycles. The van der Waals surface area contributed by atoms with Gasteiger partial charge < -0.3 is 10.2 Å². The molecular formula is C27H26Cl3N5O. The van der Waals surface area contributed by atoms with E-state index in [1.807, 2.05) is 30.5 Å². The van der Waals surface area contributed by atoms with Crippen molar-refractivity contribution in [1.82, 2.24) is 9.88 Å². The second-order valence-electron chi connectivity index (χ2n) is 9.59. The number of amides is 1. The molecule has 36 heavy (non-hydrogen) atoms. The summed E-state index contributed by atoms with van der Waals surface area (Å²) in [6.07, 6.45) is 2.14. The van der Waals surface area contributed by atoms with E-state index >= 15 is 0 Å². The molecule has 0 spiro atoms. The van der Waals surface area contributed by atoms with Crippen molar-refractivity contribution in [1.29, 1.82) is 0 Å². The standard InChI is InChI=1S/C27H26Cl3N5O/c1-27(2)34(3)10-11-35(27)24-9-5-17(15-31-24)25-20-13-18(28)7-8-22(20)33-26(36)23(32-25)12-16-4-6-19(29)14-21(16)30/h4-9,13-15,23H,10-12H2,1-3H3,(H,33,36). The molecule has 1 fully saturated rings. The first-order chi connectivity index (χ1) is 17.1. The summed E-state index contributed by atoms with van der Waals surface area (Å²) in [7, 11) is 2.12. The minimum absolute atomic E-state index is 0.131. The summed E-state index contributed by atoms with van der Waals surface area (Å²) < 4.78 is 0. The van der Waals surface area contributed by atoms with Gasteiger partial charge in [-0.05, 0) is 68.9 Å². The largest absolute Gasteiger partial charge is 0.337 e. The molecule has 0 bridgehead atoms. The Morgan fingerprint density at radius 1 is 1.03 bits per heavy atom. The number of carbonyl (C=O) groups is 1. The Bertz CT molecular complexity index is 1360. The number of likely N-dealkylation sites (N-methyl/N-ethyl adjacent to an activating group) is 1. The van der Waals surface area contributed by atoms with Gasteiger partial charge in [0.2, 0.25) is 5.91 Å². The van der Waals surface area contributed by atoms with Crippen molar-refractivity contribution in [3.8, 4) is 0 Å². The van der Waals surface area contributed by atoms with Crippen molar-refractivity contribution in [3.63, 3.8) is 0 Å². The second-order valence-corrected chi connectivity index (χ2v) is 10.9. The summed E-state index contributed by atoms with van der Waals surface area (Å²) >= 11 is 18.8. The highest BCUT2D eigenvalue weighted by atomic mass is 35.5. The summed E-state index contributed by atoms with van der Waals surface area (Å²) in [6.45, 7) is 6.25. The maximum atomic E-state index is 13.2. The van der Waals surface area contributed by atoms with E-state index in [1.54, 1.807) is 24.3 Å². The topological polar surface area (TPSA) is 60.8 Å². The smallest absolute Gasteiger partial charge is 0.249 e. The molecule has 3 aromatic rings. The van der Waals surface area contributed by atoms with Crippen LogP contribution in [0.3, 0.4) is 0 Å². The Hall–Kier alpha value is -2.64. The number of hydrogen-bond acceptors (Lipinski definition) is 5. The number of nitrogens with one attached hydrogen (secondary N) is 1. The number of benzene rings is 2. The fraction of sp³-hybridized carbons (Fsp3) is 0.296. The number of nitrogens with zero attached hydrogens (tertiary/aromatic N) is 4. The molecule has 1 amide bonds. The number of halogens is 3. The molecule has 2 aliphatic rings. The van der Waals surface area contributed by atoms with Crippen LogP contribution in [0.4, 0.5) is 11.5 Å². The molecule has 1 N–H and O–H groups in total. The Morgan fingerprint density at radius 3 is 2.44 bits per heavy atom. The van der Waals surface area contributed by atoms with Gasteiger partial charge in [0.05, 0.1) is 17.1 Å². The van der Waals surface area contributed by atoms with Gasteiger partial charge >= 0.3 is 0 Å². The van der Waals surface area contributed by atoms with E-state index in [9.17, 15) is 4.79 Å². The fourth-order valence-electron chi connectivity index (χ4n) is 4.67. The number of pyridine rings is 1. The average molecular weight is 543 g/mol. The van der Waals surface area contributed by atoms with Crippen LogP contribution in [0.25, 0.3) is 0 Å². The predicted molar refractivity (Wildman–Crippen MR) is 148 cm³/mol. The summed E-state index contributed by atoms with van der Waals surface area (Å²) in [5.74, 6) is 0.679. The van der Waals surface area contributed by atoms with Gasteiger partial charge in [0.15, 0.2) is 0 Å². The Balaban J connectivity index is 1.55. The molecule has 3 heterocycles. The van der Waals surface area contributed by atoms with Gasteiger partial charge in [-0.25, -0.2) is 4.98 Å². The Kier molecular flexibility index (Phi) is 6.72. The summed E-state index contributed by atoms with van der Waals surface area (Å²) in [4.78, 5) is 27.5. The van der Waals surface area contributed by atoms with Crippen molar-refractivity contribution >= 4 is 57.9 Å². The monoisotopic (exact) mass is 541 g/mol. The van der Waals surface area contributed by atoms with Crippen molar-refractivity contribution in [2.24, 2.45) is 4.99 Å². The molecule has 186 valence electrons. The minimum atomic E-state index is -0.698. The normalized spacial score (nSPS) is 19.5. The number of aromatic nitrogens is 1. The molecule has 6 nitrogen and oxygen atoms in total. The van der Waals surface area contributed by atoms with Crippen LogP contribution in [0.1, 0.15) is 30.5 Å². The molecular weight excluding hydrogens is 517 g/mol. The average Bonchev–Trinajstić information content (AvgIpc) is 3.03. The molecule has 0 aliphatic carbocycles. The minimum Gasteiger partial charge on any atom is -0.337 e. The second kappa shape index (κ2) is 9.67. The third-order valence-corrected chi connectivity index (χ3v) is 7.88. The highest BCUT2D eigenvalue weighted by Gasteiger charge is 2.37. The van der Waals surface area contributed by atoms with Crippen molar-refractivity contribution in [2.75, 3.05) is 30.4 Å². The third kappa shape index (κ3) is 4.71. The summed E-state index contributed by atoms with van der Waals surface area (Å²) in [5.41, 5.74) is 3.51. The zero-order chi connectivity index (χ0) is 25.6. The molecule has 9 heteroatoms. The number of fused-ring (bicyclic) bond motifs is 1. The van der Waals surface area contributed by atoms with E-state index in [-0.39, 0.29) is 11.6 Å². The quantitative estimate of drug-likeness (QED) is 0.444. The first kappa shape index (κ1) is 25.0. The lowest BCUT2D eigenvalue weighted by molar-refractivity contribution is -0.117. The van der Waals surface area contributed by atoms with Crippen LogP contribution < -0.4 is 10.2 Å². The van der Waals surface area contributed by atoms with Crippen LogP contribution in [0.5, 0.6) is 0 Å². The molecule has 1 atom stereocenters. The van der Waals surface area contributed by atoms with Crippen LogP contribution in [-0.2, 0) is 11.2 Å². The van der Waals surface area contributed by atoms with Crippen LogP contribution in [0, 0.1) is 0 Å². The fourth-order valence-corrected chi connectivity index (χ4v) is 5.33. The molecule has 1 aromatic heterocycles. The molecule has 1 saturated heterocycles. The zero-order valence-electron chi connectivity index (χ0n) is 20.2. The first-order valence-electron chi connectivity index (χ1n) is 11.7. The highest BCUT2D eigenvalue weighted by Crippen LogP contribution is 2.32. The van der Waals surface area contributed by atoms with Crippen molar-refractivity contribution < 1.29 is 4.79 Å². The lowest BCUT2D eigenvalue weighted by Gasteiger charge is -2.36. The van der Waals surface area contributed by atoms with Crippen LogP contribution in [0.2, 0.25) is 15.1 Å². The van der Waals surface area contributed by atoms with Gasteiger partial charge in [0.25, 0.3) is 0 Å². The van der Waals surface area contributed by atoms with Gasteiger partial charge in [-0.1, -0.05) is 40.9 Å². The third-order valence-electron chi connectivity index (χ3n) is 7.06. The SMILES string of the molecule is CN1CCN(c2ccc(C3=NC(Cc4ccc(Cl)cc4Cl)C(=O)Nc4ccc(Cl)cc43)cn2)C1(C)C. The van der Waals surface area contributed by atoms with E-state index in [2.05, 4.69) is 36.0 Å². The number of hydrogen-bond donors (Lipinski definition) is 1. The predicted octanol–water partition coefficient (Wildman–Crippen LogP) is 5.93. The summed E-state index contributed by atoms with van der Waals surface area (Å²) in [5, 5.41) is 4.61. The van der Waals surface area contributed by atoms with E-state index in [1.165, 1.54) is 0 Å². The summed E-state index contributed by atoms with van der Waals surface area (Å²) in [6, 6.07) is 13.9. The lowest BCUT2D eigenvalue weighted by atomic mass is 10.0. The zero-order valence-corrected chi connectivity index (χ0v) is 22.5. The van der Waals surface area contributed by atoms with Crippen LogP contribution >= 0.6 is 34.8 Å². The number of aliphatic imine (C=N–C) groups is 1. The molecule has 2 aliphatic heterocycles. The first-order valence-corrected chi connectivity index (χ1v) is 12.8. The Morgan fingerprint density at radius 2 is 1.78 bits per heavy atom. The van der Waals surface area contributed by atoms with E-state index < -0.39 is 6.04 Å². The van der Waals surface area contributed by atoms with E-state index in [0.717, 1.165) is 35.6 Å². The number of carbonyl (C=O) groups excluding carboxylic acids is 1. The van der Waals surface area contributed by atoms with Gasteiger partial charge in [-0.15, -0.1) is 0 Å². The Labute approximate surface area is 225 Å². The maximum Gasteiger partial charge on any atom is 0.249 e. The van der Waals surface area contributed by atoms with Gasteiger partial charge in [-0.2, -0.15) is 0 Å². The van der Waals surface area contributed by atoms with Gasteiger partial charge in [-0.3, -0.25) is 14.7 Å². The number of benzodiazepines with no additional fused rings is 1. The van der Waals surface area contributed by atoms with Gasteiger partial charge in [0.1, 0.15) is 11.9 Å². The van der Waals surface area contributed by atoms with Crippen molar-refractivity contribution in [3.05, 3.63) is 86.5 Å². The molecule has 2 aromatic carbocycles. The van der Waals surface area contributed by atoms with E-state index in [0.29, 0.717) is 32.9 Å². The molecule has 1 unspecified atom stereocenters.